The van der Waals surface area contributed by atoms with E-state index in [9.17, 15) is 22.6 Å². The van der Waals surface area contributed by atoms with Crippen LogP contribution in [0.15, 0.2) is 89.0 Å². The van der Waals surface area contributed by atoms with Crippen molar-refractivity contribution in [2.45, 2.75) is 95.8 Å². The predicted octanol–water partition coefficient (Wildman–Crippen LogP) is 7.53. The molecule has 49 heavy (non-hydrogen) atoms. The summed E-state index contributed by atoms with van der Waals surface area (Å²) in [5.41, 5.74) is 7.41. The number of allylic oxidation sites excluding steroid dienone is 8. The Morgan fingerprint density at radius 1 is 0.898 bits per heavy atom. The smallest absolute Gasteiger partial charge is 0.303 e. The van der Waals surface area contributed by atoms with Crippen molar-refractivity contribution in [1.29, 1.82) is 0 Å². The summed E-state index contributed by atoms with van der Waals surface area (Å²) >= 11 is 0. The zero-order chi connectivity index (χ0) is 36.1. The summed E-state index contributed by atoms with van der Waals surface area (Å²) in [6, 6.07) is 11.0. The summed E-state index contributed by atoms with van der Waals surface area (Å²) in [7, 11) is -4.63. The molecule has 0 aromatic heterocycles. The molecule has 0 amide bonds. The van der Waals surface area contributed by atoms with E-state index in [-0.39, 0.29) is 23.2 Å². The standard InChI is InChI=1S/C39H48N2O7S/c1-27(13-11-15-34-38(3,4)30-25-28(2)19-21-32(30)40(34)23-9-7-17-36(42)43)14-12-16-35-39(5,6)31-26-29(49(46,47)48)20-22-33(31)41(35)24-10-8-18-37(44)45/h11-16,19-22,25-26H,7-10,17-18,23-24H2,1-6H3,(H2-,42,43,44,45,46,47,48). The molecule has 262 valence electrons. The van der Waals surface area contributed by atoms with Crippen LogP contribution < -0.4 is 4.90 Å². The Bertz CT molecular complexity index is 1880. The van der Waals surface area contributed by atoms with Crippen LogP contribution in [0, 0.1) is 6.92 Å². The third-order valence-electron chi connectivity index (χ3n) is 9.47. The molecule has 2 heterocycles. The minimum Gasteiger partial charge on any atom is -0.744 e. The van der Waals surface area contributed by atoms with Crippen molar-refractivity contribution in [3.05, 3.63) is 101 Å². The van der Waals surface area contributed by atoms with Gasteiger partial charge in [-0.1, -0.05) is 55.4 Å². The second-order valence-corrected chi connectivity index (χ2v) is 15.4. The molecule has 0 spiro atoms. The number of carboxylic acid groups (broad SMARTS) is 2. The quantitative estimate of drug-likeness (QED) is 0.0848. The molecule has 0 saturated carbocycles. The van der Waals surface area contributed by atoms with Crippen molar-refractivity contribution in [3.63, 3.8) is 0 Å². The van der Waals surface area contributed by atoms with Gasteiger partial charge in [0.1, 0.15) is 16.7 Å². The molecule has 9 nitrogen and oxygen atoms in total. The van der Waals surface area contributed by atoms with E-state index in [4.69, 9.17) is 10.2 Å². The number of hydrogen-bond acceptors (Lipinski definition) is 6. The van der Waals surface area contributed by atoms with Gasteiger partial charge in [0.15, 0.2) is 5.71 Å². The first-order chi connectivity index (χ1) is 22.9. The first-order valence-corrected chi connectivity index (χ1v) is 18.2. The number of carbonyl (C=O) groups is 2. The SMILES string of the molecule is CC(/C=C/C=C1/N(CCCCC(=O)O)c2ccc(S(=O)(=O)[O-])cc2C1(C)C)=C\C=C\C1=[N+](CCCCC(=O)O)c2ccc(C)cc2C1(C)C. The van der Waals surface area contributed by atoms with Crippen LogP contribution in [0.5, 0.6) is 0 Å². The van der Waals surface area contributed by atoms with E-state index >= 15 is 0 Å². The van der Waals surface area contributed by atoms with Crippen molar-refractivity contribution in [2.24, 2.45) is 0 Å². The van der Waals surface area contributed by atoms with E-state index in [0.717, 1.165) is 46.9 Å². The molecule has 2 aliphatic rings. The van der Waals surface area contributed by atoms with Crippen molar-refractivity contribution in [2.75, 3.05) is 18.0 Å². The Balaban J connectivity index is 1.60. The van der Waals surface area contributed by atoms with Gasteiger partial charge in [0.05, 0.1) is 10.3 Å². The van der Waals surface area contributed by atoms with Crippen molar-refractivity contribution in [3.8, 4) is 0 Å². The maximum absolute atomic E-state index is 11.8. The molecule has 0 fully saturated rings. The van der Waals surface area contributed by atoms with Gasteiger partial charge in [-0.05, 0) is 82.9 Å². The fourth-order valence-electron chi connectivity index (χ4n) is 6.81. The summed E-state index contributed by atoms with van der Waals surface area (Å²) < 4.78 is 37.8. The fraction of sp³-hybridized carbons (Fsp3) is 0.410. The number of unbranched alkanes of at least 4 members (excludes halogenated alkanes) is 2. The zero-order valence-corrected chi connectivity index (χ0v) is 30.1. The van der Waals surface area contributed by atoms with Crippen LogP contribution in [-0.4, -0.2) is 58.5 Å². The van der Waals surface area contributed by atoms with Crippen LogP contribution in [0.3, 0.4) is 0 Å². The van der Waals surface area contributed by atoms with E-state index in [0.29, 0.717) is 25.8 Å². The summed E-state index contributed by atoms with van der Waals surface area (Å²) in [6.45, 7) is 13.8. The highest BCUT2D eigenvalue weighted by atomic mass is 32.2. The van der Waals surface area contributed by atoms with Crippen LogP contribution >= 0.6 is 0 Å². The summed E-state index contributed by atoms with van der Waals surface area (Å²) in [5.74, 6) is -1.63. The van der Waals surface area contributed by atoms with E-state index in [1.807, 2.05) is 51.2 Å². The third kappa shape index (κ3) is 8.66. The average molecular weight is 689 g/mol. The molecule has 0 unspecified atom stereocenters. The van der Waals surface area contributed by atoms with Gasteiger partial charge in [-0.3, -0.25) is 9.59 Å². The topological polar surface area (TPSA) is 138 Å². The number of fused-ring (bicyclic) bond motifs is 2. The van der Waals surface area contributed by atoms with Gasteiger partial charge >= 0.3 is 11.9 Å². The van der Waals surface area contributed by atoms with Crippen LogP contribution in [-0.2, 0) is 30.5 Å². The van der Waals surface area contributed by atoms with Gasteiger partial charge in [0.25, 0.3) is 0 Å². The van der Waals surface area contributed by atoms with E-state index in [1.54, 1.807) is 6.07 Å². The summed E-state index contributed by atoms with van der Waals surface area (Å²) in [4.78, 5) is 24.0. The van der Waals surface area contributed by atoms with Crippen molar-refractivity contribution < 1.29 is 37.3 Å². The Labute approximate surface area is 290 Å². The highest BCUT2D eigenvalue weighted by Crippen LogP contribution is 2.48. The third-order valence-corrected chi connectivity index (χ3v) is 10.3. The van der Waals surface area contributed by atoms with Gasteiger partial charge in [0.2, 0.25) is 5.69 Å². The number of carboxylic acids is 2. The van der Waals surface area contributed by atoms with Gasteiger partial charge in [-0.15, -0.1) is 0 Å². The monoisotopic (exact) mass is 688 g/mol. The van der Waals surface area contributed by atoms with Crippen LogP contribution in [0.1, 0.15) is 89.8 Å². The lowest BCUT2D eigenvalue weighted by molar-refractivity contribution is -0.438. The molecule has 0 radical (unpaired) electrons. The van der Waals surface area contributed by atoms with E-state index in [2.05, 4.69) is 54.5 Å². The molecule has 2 aromatic rings. The Morgan fingerprint density at radius 2 is 1.57 bits per heavy atom. The molecule has 10 heteroatoms. The molecule has 2 aromatic carbocycles. The maximum atomic E-state index is 11.8. The lowest BCUT2D eigenvalue weighted by Crippen LogP contribution is -2.28. The summed E-state index contributed by atoms with van der Waals surface area (Å²) in [5, 5.41) is 18.2. The number of benzene rings is 2. The average Bonchev–Trinajstić information content (AvgIpc) is 3.34. The van der Waals surface area contributed by atoms with Crippen LogP contribution in [0.25, 0.3) is 0 Å². The minimum absolute atomic E-state index is 0.0679. The second-order valence-electron chi connectivity index (χ2n) is 14.0. The number of nitrogens with zero attached hydrogens (tertiary/aromatic N) is 2. The van der Waals surface area contributed by atoms with Crippen molar-refractivity contribution >= 4 is 39.1 Å². The maximum Gasteiger partial charge on any atom is 0.303 e. The Hall–Kier alpha value is -4.28. The number of aliphatic carboxylic acids is 2. The minimum atomic E-state index is -4.63. The Morgan fingerprint density at radius 3 is 2.22 bits per heavy atom. The number of rotatable bonds is 15. The molecule has 4 rings (SSSR count). The van der Waals surface area contributed by atoms with Gasteiger partial charge in [-0.2, -0.15) is 4.58 Å². The fourth-order valence-corrected chi connectivity index (χ4v) is 7.31. The normalized spacial score (nSPS) is 17.8. The zero-order valence-electron chi connectivity index (χ0n) is 29.3. The van der Waals surface area contributed by atoms with Gasteiger partial charge < -0.3 is 19.7 Å². The first-order valence-electron chi connectivity index (χ1n) is 16.8. The van der Waals surface area contributed by atoms with Gasteiger partial charge in [-0.25, -0.2) is 8.42 Å². The predicted molar refractivity (Wildman–Crippen MR) is 192 cm³/mol. The largest absolute Gasteiger partial charge is 0.744 e. The van der Waals surface area contributed by atoms with Crippen LogP contribution in [0.2, 0.25) is 0 Å². The Kier molecular flexibility index (Phi) is 11.6. The molecular formula is C39H48N2O7S. The molecular weight excluding hydrogens is 641 g/mol. The molecule has 0 saturated heterocycles. The number of anilines is 1. The van der Waals surface area contributed by atoms with Crippen molar-refractivity contribution in [1.82, 2.24) is 0 Å². The molecule has 0 atom stereocenters. The molecule has 2 N–H and O–H groups in total. The second kappa shape index (κ2) is 15.1. The lowest BCUT2D eigenvalue weighted by Gasteiger charge is -2.27. The van der Waals surface area contributed by atoms with E-state index in [1.165, 1.54) is 23.3 Å². The number of hydrogen-bond donors (Lipinski definition) is 2. The first kappa shape index (κ1) is 37.5. The lowest BCUT2D eigenvalue weighted by atomic mass is 9.81. The van der Waals surface area contributed by atoms with Crippen LogP contribution in [0.4, 0.5) is 11.4 Å². The molecule has 0 bridgehead atoms. The highest BCUT2D eigenvalue weighted by molar-refractivity contribution is 7.85. The number of aryl methyl sites for hydroxylation is 1. The molecule has 0 aliphatic carbocycles. The summed E-state index contributed by atoms with van der Waals surface area (Å²) in [6.07, 6.45) is 14.9. The molecule has 2 aliphatic heterocycles. The van der Waals surface area contributed by atoms with Gasteiger partial charge in [0, 0.05) is 60.3 Å². The van der Waals surface area contributed by atoms with E-state index < -0.39 is 27.5 Å². The highest BCUT2D eigenvalue weighted by Gasteiger charge is 2.44.